The molecule has 0 bridgehead atoms. The molecule has 0 spiro atoms. The lowest BCUT2D eigenvalue weighted by molar-refractivity contribution is 0.627. The van der Waals surface area contributed by atoms with Crippen molar-refractivity contribution in [1.29, 1.82) is 0 Å². The normalized spacial score (nSPS) is 11.1. The van der Waals surface area contributed by atoms with Crippen LogP contribution < -0.4 is 10.9 Å². The van der Waals surface area contributed by atoms with Crippen LogP contribution in [0.5, 0.6) is 0 Å². The Morgan fingerprint density at radius 1 is 1.19 bits per heavy atom. The molecule has 2 aromatic rings. The van der Waals surface area contributed by atoms with Gasteiger partial charge in [-0.2, -0.15) is 0 Å². The van der Waals surface area contributed by atoms with E-state index in [2.05, 4.69) is 13.0 Å². The molecule has 0 aliphatic carbocycles. The van der Waals surface area contributed by atoms with Gasteiger partial charge in [0.15, 0.2) is 0 Å². The summed E-state index contributed by atoms with van der Waals surface area (Å²) in [6, 6.07) is 10.9. The Hall–Kier alpha value is -2.13. The molecule has 2 aromatic carbocycles. The molecular formula is C18H21FN2. The minimum absolute atomic E-state index is 0.222. The minimum atomic E-state index is -0.222. The van der Waals surface area contributed by atoms with Crippen molar-refractivity contribution in [3.63, 3.8) is 0 Å². The van der Waals surface area contributed by atoms with Gasteiger partial charge in [0.1, 0.15) is 5.82 Å². The van der Waals surface area contributed by atoms with E-state index in [4.69, 9.17) is 5.84 Å². The molecule has 0 radical (unpaired) electrons. The Kier molecular flexibility index (Phi) is 4.76. The molecule has 0 aromatic heterocycles. The van der Waals surface area contributed by atoms with Crippen LogP contribution in [0.25, 0.3) is 12.2 Å². The second-order valence-electron chi connectivity index (χ2n) is 5.15. The Balaban J connectivity index is 2.47. The van der Waals surface area contributed by atoms with Gasteiger partial charge >= 0.3 is 0 Å². The van der Waals surface area contributed by atoms with Crippen LogP contribution in [0.3, 0.4) is 0 Å². The lowest BCUT2D eigenvalue weighted by Gasteiger charge is -2.17. The average Bonchev–Trinajstić information content (AvgIpc) is 2.47. The average molecular weight is 284 g/mol. The number of rotatable bonds is 4. The molecule has 0 aliphatic rings. The number of nitrogens with zero attached hydrogens (tertiary/aromatic N) is 1. The summed E-state index contributed by atoms with van der Waals surface area (Å²) in [6.07, 6.45) is 4.88. The smallest absolute Gasteiger partial charge is 0.123 e. The summed E-state index contributed by atoms with van der Waals surface area (Å²) in [7, 11) is 1.82. The lowest BCUT2D eigenvalue weighted by atomic mass is 10.0. The van der Waals surface area contributed by atoms with Crippen molar-refractivity contribution >= 4 is 17.8 Å². The van der Waals surface area contributed by atoms with Gasteiger partial charge in [0.05, 0.1) is 5.69 Å². The lowest BCUT2D eigenvalue weighted by Crippen LogP contribution is -2.26. The summed E-state index contributed by atoms with van der Waals surface area (Å²) >= 11 is 0. The molecule has 0 saturated carbocycles. The van der Waals surface area contributed by atoms with E-state index in [0.29, 0.717) is 0 Å². The van der Waals surface area contributed by atoms with Crippen LogP contribution in [0, 0.1) is 12.7 Å². The van der Waals surface area contributed by atoms with E-state index in [0.717, 1.165) is 28.8 Å². The predicted molar refractivity (Wildman–Crippen MR) is 88.5 cm³/mol. The molecule has 21 heavy (non-hydrogen) atoms. The number of halogens is 1. The minimum Gasteiger partial charge on any atom is -0.314 e. The monoisotopic (exact) mass is 284 g/mol. The number of anilines is 1. The van der Waals surface area contributed by atoms with Crippen molar-refractivity contribution in [3.05, 3.63) is 64.5 Å². The molecule has 0 unspecified atom stereocenters. The van der Waals surface area contributed by atoms with Gasteiger partial charge in [0, 0.05) is 12.6 Å². The number of hydrogen-bond donors (Lipinski definition) is 1. The molecule has 2 N–H and O–H groups in total. The Morgan fingerprint density at radius 3 is 2.62 bits per heavy atom. The van der Waals surface area contributed by atoms with Crippen molar-refractivity contribution in [2.24, 2.45) is 5.84 Å². The van der Waals surface area contributed by atoms with Crippen LogP contribution in [0.4, 0.5) is 10.1 Å². The second-order valence-corrected chi connectivity index (χ2v) is 5.15. The maximum atomic E-state index is 13.4. The third-order valence-electron chi connectivity index (χ3n) is 3.61. The Bertz CT molecular complexity index is 660. The summed E-state index contributed by atoms with van der Waals surface area (Å²) in [5, 5.41) is 1.61. The molecule has 2 nitrogen and oxygen atoms in total. The summed E-state index contributed by atoms with van der Waals surface area (Å²) in [4.78, 5) is 0. The van der Waals surface area contributed by atoms with E-state index < -0.39 is 0 Å². The first kappa shape index (κ1) is 15.3. The molecule has 2 rings (SSSR count). The molecule has 0 heterocycles. The van der Waals surface area contributed by atoms with E-state index in [9.17, 15) is 4.39 Å². The zero-order chi connectivity index (χ0) is 15.4. The van der Waals surface area contributed by atoms with Gasteiger partial charge in [0.25, 0.3) is 0 Å². The molecule has 0 atom stereocenters. The van der Waals surface area contributed by atoms with E-state index in [1.165, 1.54) is 11.6 Å². The molecule has 3 heteroatoms. The van der Waals surface area contributed by atoms with Gasteiger partial charge in [-0.25, -0.2) is 10.2 Å². The number of hydrazine groups is 1. The fourth-order valence-electron chi connectivity index (χ4n) is 2.37. The molecule has 0 aliphatic heterocycles. The van der Waals surface area contributed by atoms with Crippen LogP contribution in [-0.4, -0.2) is 7.05 Å². The third kappa shape index (κ3) is 3.50. The van der Waals surface area contributed by atoms with Crippen molar-refractivity contribution in [2.45, 2.75) is 20.3 Å². The predicted octanol–water partition coefficient (Wildman–Crippen LogP) is 4.18. The second kappa shape index (κ2) is 6.55. The molecule has 0 saturated heterocycles. The van der Waals surface area contributed by atoms with Crippen molar-refractivity contribution < 1.29 is 4.39 Å². The topological polar surface area (TPSA) is 29.3 Å². The largest absolute Gasteiger partial charge is 0.314 e. The molecular weight excluding hydrogens is 263 g/mol. The third-order valence-corrected chi connectivity index (χ3v) is 3.61. The summed E-state index contributed by atoms with van der Waals surface area (Å²) < 4.78 is 13.4. The zero-order valence-electron chi connectivity index (χ0n) is 12.7. The van der Waals surface area contributed by atoms with Crippen molar-refractivity contribution in [2.75, 3.05) is 12.1 Å². The van der Waals surface area contributed by atoms with Gasteiger partial charge in [-0.1, -0.05) is 37.3 Å². The van der Waals surface area contributed by atoms with E-state index >= 15 is 0 Å². The first-order valence-electron chi connectivity index (χ1n) is 7.07. The summed E-state index contributed by atoms with van der Waals surface area (Å²) in [6.45, 7) is 4.08. The van der Waals surface area contributed by atoms with Crippen LogP contribution >= 0.6 is 0 Å². The first-order chi connectivity index (χ1) is 10.0. The maximum Gasteiger partial charge on any atom is 0.123 e. The van der Waals surface area contributed by atoms with E-state index in [-0.39, 0.29) is 5.82 Å². The number of hydrogen-bond acceptors (Lipinski definition) is 2. The van der Waals surface area contributed by atoms with Gasteiger partial charge in [-0.15, -0.1) is 0 Å². The summed E-state index contributed by atoms with van der Waals surface area (Å²) in [5.41, 5.74) is 5.18. The van der Waals surface area contributed by atoms with E-state index in [1.807, 2.05) is 38.3 Å². The number of aryl methyl sites for hydroxylation is 2. The molecule has 0 fully saturated rings. The highest BCUT2D eigenvalue weighted by atomic mass is 19.1. The quantitative estimate of drug-likeness (QED) is 0.518. The number of benzene rings is 2. The van der Waals surface area contributed by atoms with E-state index in [1.54, 1.807) is 17.1 Å². The van der Waals surface area contributed by atoms with Gasteiger partial charge in [0.2, 0.25) is 0 Å². The van der Waals surface area contributed by atoms with Crippen LogP contribution in [-0.2, 0) is 6.42 Å². The first-order valence-corrected chi connectivity index (χ1v) is 7.07. The highest BCUT2D eigenvalue weighted by Crippen LogP contribution is 2.25. The number of nitrogens with two attached hydrogens (primary N) is 1. The SMILES string of the molecule is CCc1cccc(N(C)N)c1/C=C/c1cc(F)ccc1C. The molecule has 0 amide bonds. The Labute approximate surface area is 125 Å². The van der Waals surface area contributed by atoms with Gasteiger partial charge in [-0.05, 0) is 48.2 Å². The fraction of sp³-hybridized carbons (Fsp3) is 0.222. The fourth-order valence-corrected chi connectivity index (χ4v) is 2.37. The maximum absolute atomic E-state index is 13.4. The Morgan fingerprint density at radius 2 is 1.95 bits per heavy atom. The van der Waals surface area contributed by atoms with Crippen LogP contribution in [0.1, 0.15) is 29.2 Å². The van der Waals surface area contributed by atoms with Crippen LogP contribution in [0.2, 0.25) is 0 Å². The summed E-state index contributed by atoms with van der Waals surface area (Å²) in [5.74, 6) is 5.68. The van der Waals surface area contributed by atoms with Crippen molar-refractivity contribution in [1.82, 2.24) is 0 Å². The highest BCUT2D eigenvalue weighted by Gasteiger charge is 2.07. The van der Waals surface area contributed by atoms with Gasteiger partial charge in [-0.3, -0.25) is 0 Å². The zero-order valence-corrected chi connectivity index (χ0v) is 12.7. The van der Waals surface area contributed by atoms with Gasteiger partial charge < -0.3 is 5.01 Å². The highest BCUT2D eigenvalue weighted by molar-refractivity contribution is 5.79. The molecule has 110 valence electrons. The van der Waals surface area contributed by atoms with Crippen LogP contribution in [0.15, 0.2) is 36.4 Å². The standard InChI is InChI=1S/C18H21FN2/c1-4-14-6-5-7-18(21(3)20)17(14)11-9-15-12-16(19)10-8-13(15)2/h5-12H,4,20H2,1-3H3/b11-9+. The van der Waals surface area contributed by atoms with Crippen molar-refractivity contribution in [3.8, 4) is 0 Å².